The summed E-state index contributed by atoms with van der Waals surface area (Å²) < 4.78 is 0. The summed E-state index contributed by atoms with van der Waals surface area (Å²) >= 11 is 0. The van der Waals surface area contributed by atoms with Crippen molar-refractivity contribution in [2.45, 2.75) is 0 Å². The minimum Gasteiger partial charge on any atom is -0.337 e. The Morgan fingerprint density at radius 2 is 1.44 bits per heavy atom. The molecule has 1 radical (unpaired) electrons. The second-order valence-corrected chi connectivity index (χ2v) is 4.01. The van der Waals surface area contributed by atoms with E-state index in [9.17, 15) is 0 Å². The van der Waals surface area contributed by atoms with E-state index in [0.29, 0.717) is 0 Å². The Bertz CT molecular complexity index is 433. The first-order valence-corrected chi connectivity index (χ1v) is 5.89. The van der Waals surface area contributed by atoms with Gasteiger partial charge in [-0.25, -0.2) is 19.9 Å². The topological polar surface area (TPSA) is 58.0 Å². The fraction of sp³-hybridized carbons (Fsp3) is 0.333. The average Bonchev–Trinajstić information content (AvgIpc) is 2.49. The molecule has 0 N–H and O–H groups in total. The molecule has 6 nitrogen and oxygen atoms in total. The minimum atomic E-state index is 0.742. The number of rotatable bonds is 2. The van der Waals surface area contributed by atoms with Gasteiger partial charge in [0, 0.05) is 44.8 Å². The Morgan fingerprint density at radius 3 is 2.06 bits per heavy atom. The molecule has 91 valence electrons. The van der Waals surface area contributed by atoms with Crippen LogP contribution in [-0.4, -0.2) is 46.1 Å². The van der Waals surface area contributed by atoms with Gasteiger partial charge in [0.1, 0.15) is 0 Å². The van der Waals surface area contributed by atoms with Crippen molar-refractivity contribution < 1.29 is 0 Å². The zero-order valence-corrected chi connectivity index (χ0v) is 9.90. The summed E-state index contributed by atoms with van der Waals surface area (Å²) in [5.41, 5.74) is 0. The van der Waals surface area contributed by atoms with Crippen LogP contribution >= 0.6 is 0 Å². The van der Waals surface area contributed by atoms with E-state index in [2.05, 4.69) is 35.9 Å². The second kappa shape index (κ2) is 4.95. The fourth-order valence-corrected chi connectivity index (χ4v) is 1.97. The molecule has 0 aliphatic carbocycles. The van der Waals surface area contributed by atoms with E-state index in [-0.39, 0.29) is 0 Å². The molecule has 2 aromatic heterocycles. The van der Waals surface area contributed by atoms with E-state index in [1.54, 1.807) is 24.7 Å². The number of hydrogen-bond acceptors (Lipinski definition) is 6. The largest absolute Gasteiger partial charge is 0.337 e. The quantitative estimate of drug-likeness (QED) is 0.758. The van der Waals surface area contributed by atoms with Crippen LogP contribution in [0, 0.1) is 6.20 Å². The zero-order valence-electron chi connectivity index (χ0n) is 9.90. The average molecular weight is 241 g/mol. The molecule has 0 spiro atoms. The van der Waals surface area contributed by atoms with E-state index < -0.39 is 0 Å². The lowest BCUT2D eigenvalue weighted by Crippen LogP contribution is -2.47. The van der Waals surface area contributed by atoms with Gasteiger partial charge in [0.2, 0.25) is 11.9 Å². The number of aromatic nitrogens is 4. The maximum absolute atomic E-state index is 4.26. The first-order valence-electron chi connectivity index (χ1n) is 5.89. The molecule has 1 aliphatic heterocycles. The lowest BCUT2D eigenvalue weighted by molar-refractivity contribution is 0.627. The molecule has 0 unspecified atom stereocenters. The molecule has 3 rings (SSSR count). The molecule has 1 fully saturated rings. The Labute approximate surface area is 105 Å². The van der Waals surface area contributed by atoms with Crippen LogP contribution in [0.5, 0.6) is 0 Å². The SMILES string of the molecule is [c]1ccnc(N2CCN(c3ncccn3)CC2)n1. The third-order valence-corrected chi connectivity index (χ3v) is 2.90. The maximum atomic E-state index is 4.26. The molecular weight excluding hydrogens is 228 g/mol. The molecule has 1 aliphatic rings. The smallest absolute Gasteiger partial charge is 0.226 e. The van der Waals surface area contributed by atoms with Gasteiger partial charge in [-0.05, 0) is 12.1 Å². The maximum Gasteiger partial charge on any atom is 0.226 e. The molecule has 0 amide bonds. The highest BCUT2D eigenvalue weighted by Gasteiger charge is 2.19. The van der Waals surface area contributed by atoms with Gasteiger partial charge in [-0.3, -0.25) is 0 Å². The van der Waals surface area contributed by atoms with Crippen LogP contribution in [0.1, 0.15) is 0 Å². The predicted molar refractivity (Wildman–Crippen MR) is 67.3 cm³/mol. The zero-order chi connectivity index (χ0) is 12.2. The molecule has 18 heavy (non-hydrogen) atoms. The summed E-state index contributed by atoms with van der Waals surface area (Å²) in [5, 5.41) is 0. The van der Waals surface area contributed by atoms with Crippen molar-refractivity contribution in [2.75, 3.05) is 36.0 Å². The van der Waals surface area contributed by atoms with E-state index in [1.807, 2.05) is 6.07 Å². The lowest BCUT2D eigenvalue weighted by Gasteiger charge is -2.34. The van der Waals surface area contributed by atoms with Gasteiger partial charge in [-0.15, -0.1) is 0 Å². The van der Waals surface area contributed by atoms with Gasteiger partial charge >= 0.3 is 0 Å². The molecule has 0 atom stereocenters. The van der Waals surface area contributed by atoms with Crippen LogP contribution in [0.15, 0.2) is 30.7 Å². The van der Waals surface area contributed by atoms with E-state index in [1.165, 1.54) is 0 Å². The Morgan fingerprint density at radius 1 is 0.833 bits per heavy atom. The van der Waals surface area contributed by atoms with Gasteiger partial charge < -0.3 is 9.80 Å². The van der Waals surface area contributed by atoms with Crippen molar-refractivity contribution in [3.05, 3.63) is 36.9 Å². The van der Waals surface area contributed by atoms with E-state index in [4.69, 9.17) is 0 Å². The Balaban J connectivity index is 1.65. The number of hydrogen-bond donors (Lipinski definition) is 0. The predicted octanol–water partition coefficient (Wildman–Crippen LogP) is 0.393. The van der Waals surface area contributed by atoms with Crippen molar-refractivity contribution >= 4 is 11.9 Å². The highest BCUT2D eigenvalue weighted by Crippen LogP contribution is 2.13. The highest BCUT2D eigenvalue weighted by atomic mass is 15.3. The summed E-state index contributed by atoms with van der Waals surface area (Å²) in [5.74, 6) is 1.53. The van der Waals surface area contributed by atoms with Gasteiger partial charge in [0.25, 0.3) is 0 Å². The van der Waals surface area contributed by atoms with Crippen LogP contribution < -0.4 is 9.80 Å². The Hall–Kier alpha value is -2.24. The van der Waals surface area contributed by atoms with Crippen LogP contribution in [-0.2, 0) is 0 Å². The van der Waals surface area contributed by atoms with Crippen molar-refractivity contribution in [2.24, 2.45) is 0 Å². The lowest BCUT2D eigenvalue weighted by atomic mass is 10.3. The summed E-state index contributed by atoms with van der Waals surface area (Å²) in [4.78, 5) is 21.2. The number of anilines is 2. The molecule has 2 aromatic rings. The molecule has 1 saturated heterocycles. The monoisotopic (exact) mass is 241 g/mol. The number of nitrogens with zero attached hydrogens (tertiary/aromatic N) is 6. The van der Waals surface area contributed by atoms with Crippen LogP contribution in [0.2, 0.25) is 0 Å². The molecule has 3 heterocycles. The molecule has 0 bridgehead atoms. The van der Waals surface area contributed by atoms with Crippen LogP contribution in [0.25, 0.3) is 0 Å². The third kappa shape index (κ3) is 2.22. The Kier molecular flexibility index (Phi) is 2.99. The number of piperazine rings is 1. The van der Waals surface area contributed by atoms with Crippen molar-refractivity contribution in [1.82, 2.24) is 19.9 Å². The van der Waals surface area contributed by atoms with Crippen molar-refractivity contribution in [3.8, 4) is 0 Å². The molecule has 6 heteroatoms. The van der Waals surface area contributed by atoms with Crippen molar-refractivity contribution in [1.29, 1.82) is 0 Å². The molecule has 0 saturated carbocycles. The van der Waals surface area contributed by atoms with Gasteiger partial charge in [-0.2, -0.15) is 0 Å². The first-order chi connectivity index (χ1) is 8.93. The summed E-state index contributed by atoms with van der Waals surface area (Å²) in [6.45, 7) is 3.50. The minimum absolute atomic E-state index is 0.742. The first kappa shape index (κ1) is 10.9. The standard InChI is InChI=1S/C12H13N6/c1-3-13-11(14-4-1)17-7-9-18(10-8-17)12-15-5-2-6-16-12/h1-5H,7-10H2. The van der Waals surface area contributed by atoms with Gasteiger partial charge in [-0.1, -0.05) is 0 Å². The van der Waals surface area contributed by atoms with Crippen molar-refractivity contribution in [3.63, 3.8) is 0 Å². The molecule has 0 aromatic carbocycles. The second-order valence-electron chi connectivity index (χ2n) is 4.01. The van der Waals surface area contributed by atoms with Gasteiger partial charge in [0.05, 0.1) is 6.20 Å². The third-order valence-electron chi connectivity index (χ3n) is 2.90. The van der Waals surface area contributed by atoms with E-state index >= 15 is 0 Å². The molecular formula is C12H13N6. The normalized spacial score (nSPS) is 15.8. The summed E-state index contributed by atoms with van der Waals surface area (Å²) in [6.07, 6.45) is 8.06. The van der Waals surface area contributed by atoms with Gasteiger partial charge in [0.15, 0.2) is 0 Å². The fourth-order valence-electron chi connectivity index (χ4n) is 1.97. The van der Waals surface area contributed by atoms with E-state index in [0.717, 1.165) is 38.1 Å². The van der Waals surface area contributed by atoms with Crippen LogP contribution in [0.4, 0.5) is 11.9 Å². The summed E-state index contributed by atoms with van der Waals surface area (Å²) in [6, 6.07) is 3.53. The summed E-state index contributed by atoms with van der Waals surface area (Å²) in [7, 11) is 0. The van der Waals surface area contributed by atoms with Crippen LogP contribution in [0.3, 0.4) is 0 Å². The highest BCUT2D eigenvalue weighted by molar-refractivity contribution is 5.36.